The lowest BCUT2D eigenvalue weighted by Gasteiger charge is -2.06. The number of benzene rings is 1. The Morgan fingerprint density at radius 2 is 2.38 bits per heavy atom. The number of phenolic OH excluding ortho intramolecular Hbond substituents is 1. The minimum absolute atomic E-state index is 0.132. The Kier molecular flexibility index (Phi) is 4.65. The van der Waals surface area contributed by atoms with Crippen molar-refractivity contribution < 1.29 is 14.7 Å². The summed E-state index contributed by atoms with van der Waals surface area (Å²) in [6, 6.07) is 6.50. The SMILES string of the molecule is CC1=NNC(=O)C1CCC(=O)NN=Cc1cccc(O)c1. The molecule has 2 amide bonds. The monoisotopic (exact) mass is 288 g/mol. The van der Waals surface area contributed by atoms with Gasteiger partial charge in [-0.15, -0.1) is 0 Å². The molecule has 1 aliphatic rings. The maximum Gasteiger partial charge on any atom is 0.248 e. The summed E-state index contributed by atoms with van der Waals surface area (Å²) in [4.78, 5) is 23.0. The number of rotatable bonds is 5. The van der Waals surface area contributed by atoms with Crippen molar-refractivity contribution in [2.75, 3.05) is 0 Å². The van der Waals surface area contributed by atoms with Gasteiger partial charge in [-0.3, -0.25) is 9.59 Å². The Hall–Kier alpha value is -2.70. The van der Waals surface area contributed by atoms with E-state index in [4.69, 9.17) is 0 Å². The Bertz CT molecular complexity index is 610. The van der Waals surface area contributed by atoms with Gasteiger partial charge >= 0.3 is 0 Å². The molecule has 0 aliphatic carbocycles. The van der Waals surface area contributed by atoms with Crippen molar-refractivity contribution >= 4 is 23.7 Å². The highest BCUT2D eigenvalue weighted by molar-refractivity contribution is 6.07. The van der Waals surface area contributed by atoms with Crippen molar-refractivity contribution in [1.29, 1.82) is 0 Å². The van der Waals surface area contributed by atoms with Crippen LogP contribution in [0.2, 0.25) is 0 Å². The normalized spacial score (nSPS) is 17.7. The molecular weight excluding hydrogens is 272 g/mol. The van der Waals surface area contributed by atoms with Crippen LogP contribution in [-0.2, 0) is 9.59 Å². The number of nitrogens with one attached hydrogen (secondary N) is 2. The summed E-state index contributed by atoms with van der Waals surface area (Å²) >= 11 is 0. The number of hydrazone groups is 2. The van der Waals surface area contributed by atoms with E-state index in [-0.39, 0.29) is 29.9 Å². The van der Waals surface area contributed by atoms with Crippen LogP contribution >= 0.6 is 0 Å². The number of hydrogen-bond acceptors (Lipinski definition) is 5. The molecule has 0 bridgehead atoms. The minimum atomic E-state index is -0.342. The number of nitrogens with zero attached hydrogens (tertiary/aromatic N) is 2. The molecule has 0 spiro atoms. The first-order valence-electron chi connectivity index (χ1n) is 6.51. The van der Waals surface area contributed by atoms with E-state index in [1.807, 2.05) is 0 Å². The molecule has 3 N–H and O–H groups in total. The van der Waals surface area contributed by atoms with Crippen LogP contribution in [0.4, 0.5) is 0 Å². The third-order valence-electron chi connectivity index (χ3n) is 3.10. The van der Waals surface area contributed by atoms with E-state index in [1.165, 1.54) is 12.3 Å². The largest absolute Gasteiger partial charge is 0.508 e. The molecule has 7 nitrogen and oxygen atoms in total. The van der Waals surface area contributed by atoms with Crippen LogP contribution in [0.1, 0.15) is 25.3 Å². The van der Waals surface area contributed by atoms with Crippen molar-refractivity contribution in [1.82, 2.24) is 10.9 Å². The zero-order valence-electron chi connectivity index (χ0n) is 11.5. The molecule has 1 heterocycles. The Morgan fingerprint density at radius 1 is 1.57 bits per heavy atom. The summed E-state index contributed by atoms with van der Waals surface area (Å²) in [7, 11) is 0. The number of carbonyl (C=O) groups is 2. The molecule has 1 aliphatic heterocycles. The summed E-state index contributed by atoms with van der Waals surface area (Å²) in [5.74, 6) is -0.666. The summed E-state index contributed by atoms with van der Waals surface area (Å²) in [6.45, 7) is 1.75. The molecule has 0 radical (unpaired) electrons. The summed E-state index contributed by atoms with van der Waals surface area (Å²) in [5.41, 5.74) is 6.12. The molecule has 1 aromatic rings. The predicted molar refractivity (Wildman–Crippen MR) is 77.8 cm³/mol. The number of phenols is 1. The summed E-state index contributed by atoms with van der Waals surface area (Å²) in [5, 5.41) is 16.9. The lowest BCUT2D eigenvalue weighted by molar-refractivity contribution is -0.123. The van der Waals surface area contributed by atoms with Crippen molar-refractivity contribution in [3.05, 3.63) is 29.8 Å². The molecule has 7 heteroatoms. The van der Waals surface area contributed by atoms with Crippen molar-refractivity contribution in [2.24, 2.45) is 16.1 Å². The molecule has 0 saturated carbocycles. The Balaban J connectivity index is 1.77. The summed E-state index contributed by atoms with van der Waals surface area (Å²) < 4.78 is 0. The zero-order valence-corrected chi connectivity index (χ0v) is 11.5. The van der Waals surface area contributed by atoms with E-state index in [0.717, 1.165) is 0 Å². The van der Waals surface area contributed by atoms with E-state index in [9.17, 15) is 14.7 Å². The van der Waals surface area contributed by atoms with Gasteiger partial charge in [0.25, 0.3) is 0 Å². The van der Waals surface area contributed by atoms with Gasteiger partial charge in [-0.1, -0.05) is 12.1 Å². The van der Waals surface area contributed by atoms with Crippen LogP contribution in [0, 0.1) is 5.92 Å². The minimum Gasteiger partial charge on any atom is -0.508 e. The van der Waals surface area contributed by atoms with Crippen molar-refractivity contribution in [2.45, 2.75) is 19.8 Å². The van der Waals surface area contributed by atoms with Gasteiger partial charge in [0.1, 0.15) is 5.75 Å². The second-order valence-corrected chi connectivity index (χ2v) is 4.71. The molecule has 0 saturated heterocycles. The van der Waals surface area contributed by atoms with Gasteiger partial charge in [-0.05, 0) is 31.0 Å². The van der Waals surface area contributed by atoms with Gasteiger partial charge in [-0.2, -0.15) is 10.2 Å². The predicted octanol–water partition coefficient (Wildman–Crippen LogP) is 0.744. The van der Waals surface area contributed by atoms with E-state index in [2.05, 4.69) is 21.1 Å². The maximum atomic E-state index is 11.6. The second-order valence-electron chi connectivity index (χ2n) is 4.71. The first-order valence-corrected chi connectivity index (χ1v) is 6.51. The average Bonchev–Trinajstić information content (AvgIpc) is 2.76. The fraction of sp³-hybridized carbons (Fsp3) is 0.286. The molecule has 0 aromatic heterocycles. The van der Waals surface area contributed by atoms with E-state index in [0.29, 0.717) is 17.7 Å². The molecule has 2 rings (SSSR count). The second kappa shape index (κ2) is 6.65. The smallest absolute Gasteiger partial charge is 0.248 e. The van der Waals surface area contributed by atoms with Crippen LogP contribution < -0.4 is 10.9 Å². The van der Waals surface area contributed by atoms with E-state index >= 15 is 0 Å². The van der Waals surface area contributed by atoms with Crippen molar-refractivity contribution in [3.63, 3.8) is 0 Å². The van der Waals surface area contributed by atoms with Crippen LogP contribution in [0.5, 0.6) is 5.75 Å². The lowest BCUT2D eigenvalue weighted by Crippen LogP contribution is -2.25. The van der Waals surface area contributed by atoms with Crippen LogP contribution in [0.25, 0.3) is 0 Å². The van der Waals surface area contributed by atoms with Crippen molar-refractivity contribution in [3.8, 4) is 5.75 Å². The van der Waals surface area contributed by atoms with Gasteiger partial charge < -0.3 is 5.11 Å². The topological polar surface area (TPSA) is 103 Å². The summed E-state index contributed by atoms with van der Waals surface area (Å²) in [6.07, 6.45) is 2.02. The molecular formula is C14H16N4O3. The number of carbonyl (C=O) groups excluding carboxylic acids is 2. The number of hydrogen-bond donors (Lipinski definition) is 3. The number of amides is 2. The highest BCUT2D eigenvalue weighted by atomic mass is 16.3. The van der Waals surface area contributed by atoms with Gasteiger partial charge in [0.15, 0.2) is 0 Å². The Labute approximate surface area is 121 Å². The van der Waals surface area contributed by atoms with Crippen LogP contribution in [0.15, 0.2) is 34.5 Å². The van der Waals surface area contributed by atoms with Gasteiger partial charge in [-0.25, -0.2) is 10.9 Å². The lowest BCUT2D eigenvalue weighted by atomic mass is 9.99. The molecule has 1 aromatic carbocycles. The highest BCUT2D eigenvalue weighted by Gasteiger charge is 2.26. The fourth-order valence-electron chi connectivity index (χ4n) is 1.94. The highest BCUT2D eigenvalue weighted by Crippen LogP contribution is 2.13. The molecule has 0 fully saturated rings. The standard InChI is InChI=1S/C14H16N4O3/c1-9-12(14(21)18-16-9)5-6-13(20)17-15-8-10-3-2-4-11(19)7-10/h2-4,7-8,12,19H,5-6H2,1H3,(H,17,20)(H,18,21). The van der Waals surface area contributed by atoms with Gasteiger partial charge in [0, 0.05) is 12.1 Å². The quantitative estimate of drug-likeness (QED) is 0.550. The van der Waals surface area contributed by atoms with Crippen LogP contribution in [-0.4, -0.2) is 28.8 Å². The third-order valence-corrected chi connectivity index (χ3v) is 3.10. The van der Waals surface area contributed by atoms with Gasteiger partial charge in [0.2, 0.25) is 11.8 Å². The van der Waals surface area contributed by atoms with Crippen LogP contribution in [0.3, 0.4) is 0 Å². The first-order chi connectivity index (χ1) is 10.1. The Morgan fingerprint density at radius 3 is 3.05 bits per heavy atom. The molecule has 110 valence electrons. The maximum absolute atomic E-state index is 11.6. The number of aromatic hydroxyl groups is 1. The van der Waals surface area contributed by atoms with Gasteiger partial charge in [0.05, 0.1) is 12.1 Å². The third kappa shape index (κ3) is 4.13. The average molecular weight is 288 g/mol. The van der Waals surface area contributed by atoms with E-state index in [1.54, 1.807) is 25.1 Å². The molecule has 21 heavy (non-hydrogen) atoms. The molecule has 1 atom stereocenters. The first kappa shape index (κ1) is 14.7. The fourth-order valence-corrected chi connectivity index (χ4v) is 1.94. The molecule has 1 unspecified atom stereocenters. The van der Waals surface area contributed by atoms with E-state index < -0.39 is 0 Å². The zero-order chi connectivity index (χ0) is 15.2.